The summed E-state index contributed by atoms with van der Waals surface area (Å²) in [6.07, 6.45) is 1.70. The molecule has 1 aromatic carbocycles. The van der Waals surface area contributed by atoms with Gasteiger partial charge in [-0.25, -0.2) is 8.42 Å². The van der Waals surface area contributed by atoms with E-state index in [4.69, 9.17) is 16.3 Å². The molecule has 6 heteroatoms. The molecule has 0 aliphatic carbocycles. The highest BCUT2D eigenvalue weighted by Crippen LogP contribution is 2.27. The van der Waals surface area contributed by atoms with E-state index >= 15 is 0 Å². The van der Waals surface area contributed by atoms with Gasteiger partial charge in [-0.2, -0.15) is 4.31 Å². The van der Waals surface area contributed by atoms with E-state index in [0.29, 0.717) is 23.1 Å². The molecule has 1 heterocycles. The molecule has 0 bridgehead atoms. The fraction of sp³-hybridized carbons (Fsp3) is 0.500. The number of hydrogen-bond donors (Lipinski definition) is 0. The lowest BCUT2D eigenvalue weighted by Crippen LogP contribution is -2.36. The first-order valence-corrected chi connectivity index (χ1v) is 7.79. The van der Waals surface area contributed by atoms with E-state index in [-0.39, 0.29) is 6.04 Å². The van der Waals surface area contributed by atoms with Crippen molar-refractivity contribution in [2.45, 2.75) is 23.8 Å². The standard InChI is InChI=1S/C12H16ClNO3S/c1-17-11-4-6-12(7-5-11)18(15,16)14-8-2-3-10(14)9-13/h4-7,10H,2-3,8-9H2,1H3/t10-/m0/s1. The van der Waals surface area contributed by atoms with Gasteiger partial charge in [0.05, 0.1) is 12.0 Å². The molecule has 0 N–H and O–H groups in total. The molecule has 2 rings (SSSR count). The van der Waals surface area contributed by atoms with E-state index in [1.807, 2.05) is 0 Å². The lowest BCUT2D eigenvalue weighted by Gasteiger charge is -2.22. The molecule has 100 valence electrons. The number of halogens is 1. The van der Waals surface area contributed by atoms with Crippen molar-refractivity contribution in [1.82, 2.24) is 4.31 Å². The zero-order chi connectivity index (χ0) is 13.2. The molecule has 1 atom stereocenters. The molecule has 0 spiro atoms. The van der Waals surface area contributed by atoms with Gasteiger partial charge in [0.1, 0.15) is 5.75 Å². The lowest BCUT2D eigenvalue weighted by molar-refractivity contribution is 0.409. The van der Waals surface area contributed by atoms with E-state index in [1.165, 1.54) is 4.31 Å². The molecule has 1 saturated heterocycles. The van der Waals surface area contributed by atoms with Gasteiger partial charge in [0.25, 0.3) is 0 Å². The number of alkyl halides is 1. The molecule has 0 radical (unpaired) electrons. The Morgan fingerprint density at radius 2 is 2.06 bits per heavy atom. The second-order valence-electron chi connectivity index (χ2n) is 4.24. The maximum absolute atomic E-state index is 12.4. The number of ether oxygens (including phenoxy) is 1. The van der Waals surface area contributed by atoms with Crippen molar-refractivity contribution in [1.29, 1.82) is 0 Å². The van der Waals surface area contributed by atoms with Gasteiger partial charge >= 0.3 is 0 Å². The molecule has 0 aromatic heterocycles. The summed E-state index contributed by atoms with van der Waals surface area (Å²) in [7, 11) is -1.88. The second-order valence-corrected chi connectivity index (χ2v) is 6.44. The summed E-state index contributed by atoms with van der Waals surface area (Å²) in [4.78, 5) is 0.292. The fourth-order valence-corrected chi connectivity index (χ4v) is 4.26. The van der Waals surface area contributed by atoms with E-state index in [0.717, 1.165) is 12.8 Å². The number of benzene rings is 1. The van der Waals surface area contributed by atoms with Crippen LogP contribution in [0.1, 0.15) is 12.8 Å². The van der Waals surface area contributed by atoms with Crippen LogP contribution in [-0.2, 0) is 10.0 Å². The van der Waals surface area contributed by atoms with Crippen molar-refractivity contribution >= 4 is 21.6 Å². The highest BCUT2D eigenvalue weighted by atomic mass is 35.5. The van der Waals surface area contributed by atoms with Gasteiger partial charge in [0.2, 0.25) is 10.0 Å². The number of sulfonamides is 1. The summed E-state index contributed by atoms with van der Waals surface area (Å²) in [6.45, 7) is 0.547. The van der Waals surface area contributed by atoms with Crippen LogP contribution in [-0.4, -0.2) is 38.3 Å². The molecular formula is C12H16ClNO3S. The van der Waals surface area contributed by atoms with Crippen LogP contribution in [0.2, 0.25) is 0 Å². The zero-order valence-electron chi connectivity index (χ0n) is 10.2. The Bertz CT molecular complexity index is 501. The fourth-order valence-electron chi connectivity index (χ4n) is 2.16. The third kappa shape index (κ3) is 2.48. The van der Waals surface area contributed by atoms with Crippen molar-refractivity contribution in [2.75, 3.05) is 19.5 Å². The van der Waals surface area contributed by atoms with Crippen molar-refractivity contribution in [3.05, 3.63) is 24.3 Å². The zero-order valence-corrected chi connectivity index (χ0v) is 11.7. The predicted molar refractivity (Wildman–Crippen MR) is 70.6 cm³/mol. The number of hydrogen-bond acceptors (Lipinski definition) is 3. The second kappa shape index (κ2) is 5.47. The quantitative estimate of drug-likeness (QED) is 0.798. The first kappa shape index (κ1) is 13.6. The predicted octanol–water partition coefficient (Wildman–Crippen LogP) is 2.09. The smallest absolute Gasteiger partial charge is 0.243 e. The van der Waals surface area contributed by atoms with E-state index in [2.05, 4.69) is 0 Å². The average Bonchev–Trinajstić information content (AvgIpc) is 2.88. The summed E-state index contributed by atoms with van der Waals surface area (Å²) in [5.74, 6) is 0.985. The van der Waals surface area contributed by atoms with Crippen molar-refractivity contribution in [3.8, 4) is 5.75 Å². The SMILES string of the molecule is COc1ccc(S(=O)(=O)N2CCC[C@H]2CCl)cc1. The first-order valence-electron chi connectivity index (χ1n) is 5.81. The highest BCUT2D eigenvalue weighted by Gasteiger charge is 2.34. The van der Waals surface area contributed by atoms with Gasteiger partial charge < -0.3 is 4.74 Å². The summed E-state index contributed by atoms with van der Waals surface area (Å²) in [5, 5.41) is 0. The Hall–Kier alpha value is -0.780. The van der Waals surface area contributed by atoms with Gasteiger partial charge in [-0.3, -0.25) is 0 Å². The summed E-state index contributed by atoms with van der Waals surface area (Å²) in [5.41, 5.74) is 0. The topological polar surface area (TPSA) is 46.6 Å². The maximum atomic E-state index is 12.4. The molecule has 0 saturated carbocycles. The van der Waals surface area contributed by atoms with Crippen LogP contribution in [0.4, 0.5) is 0 Å². The van der Waals surface area contributed by atoms with Gasteiger partial charge in [0, 0.05) is 18.5 Å². The van der Waals surface area contributed by atoms with Crippen LogP contribution in [0.3, 0.4) is 0 Å². The molecule has 4 nitrogen and oxygen atoms in total. The third-order valence-electron chi connectivity index (χ3n) is 3.17. The highest BCUT2D eigenvalue weighted by molar-refractivity contribution is 7.89. The average molecular weight is 290 g/mol. The molecule has 0 unspecified atom stereocenters. The lowest BCUT2D eigenvalue weighted by atomic mass is 10.3. The van der Waals surface area contributed by atoms with E-state index in [1.54, 1.807) is 31.4 Å². The minimum absolute atomic E-state index is 0.0845. The normalized spacial score (nSPS) is 21.1. The largest absolute Gasteiger partial charge is 0.497 e. The molecule has 1 fully saturated rings. The Morgan fingerprint density at radius 3 is 2.61 bits per heavy atom. The molecule has 1 aliphatic rings. The van der Waals surface area contributed by atoms with Crippen molar-refractivity contribution in [2.24, 2.45) is 0 Å². The van der Waals surface area contributed by atoms with Gasteiger partial charge in [-0.1, -0.05) is 0 Å². The Morgan fingerprint density at radius 1 is 1.39 bits per heavy atom. The number of rotatable bonds is 4. The van der Waals surface area contributed by atoms with Gasteiger partial charge in [-0.15, -0.1) is 11.6 Å². The van der Waals surface area contributed by atoms with Gasteiger partial charge in [-0.05, 0) is 37.1 Å². The Labute approximate surface area is 113 Å². The Kier molecular flexibility index (Phi) is 4.14. The van der Waals surface area contributed by atoms with Crippen LogP contribution < -0.4 is 4.74 Å². The number of nitrogens with zero attached hydrogens (tertiary/aromatic N) is 1. The number of methoxy groups -OCH3 is 1. The Balaban J connectivity index is 2.29. The monoisotopic (exact) mass is 289 g/mol. The summed E-state index contributed by atoms with van der Waals surface area (Å²) in [6, 6.07) is 6.35. The molecule has 0 amide bonds. The molecular weight excluding hydrogens is 274 g/mol. The molecule has 1 aliphatic heterocycles. The first-order chi connectivity index (χ1) is 8.59. The van der Waals surface area contributed by atoms with Crippen LogP contribution in [0.5, 0.6) is 5.75 Å². The minimum Gasteiger partial charge on any atom is -0.497 e. The van der Waals surface area contributed by atoms with Crippen LogP contribution >= 0.6 is 11.6 Å². The van der Waals surface area contributed by atoms with Crippen LogP contribution in [0.25, 0.3) is 0 Å². The summed E-state index contributed by atoms with van der Waals surface area (Å²) < 4.78 is 31.4. The summed E-state index contributed by atoms with van der Waals surface area (Å²) >= 11 is 5.82. The van der Waals surface area contributed by atoms with E-state index < -0.39 is 10.0 Å². The van der Waals surface area contributed by atoms with Crippen LogP contribution in [0.15, 0.2) is 29.2 Å². The maximum Gasteiger partial charge on any atom is 0.243 e. The minimum atomic E-state index is -3.43. The van der Waals surface area contributed by atoms with Gasteiger partial charge in [0.15, 0.2) is 0 Å². The third-order valence-corrected chi connectivity index (χ3v) is 5.49. The van der Waals surface area contributed by atoms with E-state index in [9.17, 15) is 8.42 Å². The molecule has 1 aromatic rings. The van der Waals surface area contributed by atoms with Crippen molar-refractivity contribution < 1.29 is 13.2 Å². The molecule has 18 heavy (non-hydrogen) atoms. The van der Waals surface area contributed by atoms with Crippen molar-refractivity contribution in [3.63, 3.8) is 0 Å². The van der Waals surface area contributed by atoms with Crippen LogP contribution in [0, 0.1) is 0 Å².